The average molecular weight is 245 g/mol. The molecular weight excluding hydrogens is 229 g/mol. The van der Waals surface area contributed by atoms with Gasteiger partial charge in [-0.05, 0) is 19.8 Å². The molecule has 3 unspecified atom stereocenters. The number of hydrogen-bond acceptors (Lipinski definition) is 1. The minimum Gasteiger partial charge on any atom is -0.306 e. The third-order valence-electron chi connectivity index (χ3n) is 3.04. The maximum Gasteiger partial charge on any atom is 0.393 e. The van der Waals surface area contributed by atoms with E-state index in [1.807, 2.05) is 0 Å². The standard InChI is InChI=1S/C10H16F5N/c1-6(9(11)12)16-8-5-3-2-4-7(8)10(13,14)15/h6-9,16H,2-5H2,1H3. The Morgan fingerprint density at radius 1 is 1.12 bits per heavy atom. The molecule has 1 nitrogen and oxygen atoms in total. The van der Waals surface area contributed by atoms with Gasteiger partial charge in [0.25, 0.3) is 6.43 Å². The van der Waals surface area contributed by atoms with Crippen molar-refractivity contribution < 1.29 is 22.0 Å². The summed E-state index contributed by atoms with van der Waals surface area (Å²) in [5, 5.41) is 2.40. The number of rotatable bonds is 3. The van der Waals surface area contributed by atoms with Crippen LogP contribution in [0, 0.1) is 5.92 Å². The van der Waals surface area contributed by atoms with E-state index in [1.165, 1.54) is 6.92 Å². The Morgan fingerprint density at radius 2 is 1.69 bits per heavy atom. The van der Waals surface area contributed by atoms with Crippen LogP contribution < -0.4 is 5.32 Å². The van der Waals surface area contributed by atoms with Crippen LogP contribution in [0.4, 0.5) is 22.0 Å². The molecule has 0 radical (unpaired) electrons. The lowest BCUT2D eigenvalue weighted by Crippen LogP contribution is -2.50. The van der Waals surface area contributed by atoms with Crippen molar-refractivity contribution in [2.45, 2.75) is 57.3 Å². The van der Waals surface area contributed by atoms with Gasteiger partial charge in [0.05, 0.1) is 12.0 Å². The first-order valence-corrected chi connectivity index (χ1v) is 5.43. The minimum atomic E-state index is -4.29. The van der Waals surface area contributed by atoms with Gasteiger partial charge in [0.15, 0.2) is 0 Å². The Kier molecular flexibility index (Phi) is 4.52. The van der Waals surface area contributed by atoms with Crippen LogP contribution in [0.2, 0.25) is 0 Å². The lowest BCUT2D eigenvalue weighted by molar-refractivity contribution is -0.190. The molecule has 0 amide bonds. The van der Waals surface area contributed by atoms with Crippen LogP contribution in [0.15, 0.2) is 0 Å². The van der Waals surface area contributed by atoms with Crippen LogP contribution in [0.3, 0.4) is 0 Å². The van der Waals surface area contributed by atoms with E-state index in [9.17, 15) is 22.0 Å². The molecule has 0 aromatic heterocycles. The highest BCUT2D eigenvalue weighted by atomic mass is 19.4. The summed E-state index contributed by atoms with van der Waals surface area (Å²) in [4.78, 5) is 0. The number of alkyl halides is 5. The largest absolute Gasteiger partial charge is 0.393 e. The molecule has 1 fully saturated rings. The molecule has 1 aliphatic carbocycles. The highest BCUT2D eigenvalue weighted by molar-refractivity contribution is 4.87. The predicted octanol–water partition coefficient (Wildman–Crippen LogP) is 3.35. The lowest BCUT2D eigenvalue weighted by atomic mass is 9.83. The second-order valence-electron chi connectivity index (χ2n) is 4.33. The van der Waals surface area contributed by atoms with E-state index < -0.39 is 30.6 Å². The fourth-order valence-electron chi connectivity index (χ4n) is 2.13. The SMILES string of the molecule is CC(NC1CCCCC1C(F)(F)F)C(F)F. The average Bonchev–Trinajstić information content (AvgIpc) is 2.16. The predicted molar refractivity (Wildman–Crippen MR) is 50.4 cm³/mol. The molecule has 0 spiro atoms. The maximum atomic E-state index is 12.6. The molecule has 0 aliphatic heterocycles. The van der Waals surface area contributed by atoms with Crippen molar-refractivity contribution in [1.82, 2.24) is 5.32 Å². The number of nitrogens with one attached hydrogen (secondary N) is 1. The van der Waals surface area contributed by atoms with Gasteiger partial charge >= 0.3 is 6.18 Å². The molecule has 6 heteroatoms. The first-order chi connectivity index (χ1) is 7.32. The monoisotopic (exact) mass is 245 g/mol. The second kappa shape index (κ2) is 5.29. The maximum absolute atomic E-state index is 12.6. The summed E-state index contributed by atoms with van der Waals surface area (Å²) in [6.07, 6.45) is -5.37. The van der Waals surface area contributed by atoms with Crippen molar-refractivity contribution in [1.29, 1.82) is 0 Å². The summed E-state index contributed by atoms with van der Waals surface area (Å²) >= 11 is 0. The molecule has 0 heterocycles. The van der Waals surface area contributed by atoms with Crippen molar-refractivity contribution in [2.24, 2.45) is 5.92 Å². The topological polar surface area (TPSA) is 12.0 Å². The van der Waals surface area contributed by atoms with Crippen LogP contribution in [-0.2, 0) is 0 Å². The van der Waals surface area contributed by atoms with Crippen LogP contribution in [0.25, 0.3) is 0 Å². The molecule has 0 aromatic rings. The van der Waals surface area contributed by atoms with Gasteiger partial charge in [-0.3, -0.25) is 0 Å². The molecule has 0 bridgehead atoms. The minimum absolute atomic E-state index is 0.0388. The summed E-state index contributed by atoms with van der Waals surface area (Å²) in [7, 11) is 0. The summed E-state index contributed by atoms with van der Waals surface area (Å²) in [6, 6.07) is -2.05. The van der Waals surface area contributed by atoms with Gasteiger partial charge in [-0.25, -0.2) is 8.78 Å². The molecular formula is C10H16F5N. The molecule has 1 rings (SSSR count). The van der Waals surface area contributed by atoms with Crippen molar-refractivity contribution in [2.75, 3.05) is 0 Å². The molecule has 16 heavy (non-hydrogen) atoms. The van der Waals surface area contributed by atoms with Crippen LogP contribution >= 0.6 is 0 Å². The van der Waals surface area contributed by atoms with E-state index in [0.29, 0.717) is 19.3 Å². The van der Waals surface area contributed by atoms with Gasteiger partial charge in [-0.1, -0.05) is 12.8 Å². The zero-order valence-electron chi connectivity index (χ0n) is 9.03. The highest BCUT2D eigenvalue weighted by Crippen LogP contribution is 2.37. The Labute approximate surface area is 91.4 Å². The van der Waals surface area contributed by atoms with Crippen LogP contribution in [0.5, 0.6) is 0 Å². The van der Waals surface area contributed by atoms with Gasteiger partial charge in [-0.2, -0.15) is 13.2 Å². The molecule has 0 aromatic carbocycles. The summed E-state index contributed by atoms with van der Waals surface area (Å²) in [5.74, 6) is -1.48. The van der Waals surface area contributed by atoms with E-state index in [0.717, 1.165) is 0 Å². The summed E-state index contributed by atoms with van der Waals surface area (Å²) in [6.45, 7) is 1.21. The molecule has 1 aliphatic rings. The van der Waals surface area contributed by atoms with Gasteiger partial charge < -0.3 is 5.32 Å². The smallest absolute Gasteiger partial charge is 0.306 e. The molecule has 96 valence electrons. The molecule has 1 N–H and O–H groups in total. The normalized spacial score (nSPS) is 29.4. The zero-order chi connectivity index (χ0) is 12.3. The first-order valence-electron chi connectivity index (χ1n) is 5.43. The second-order valence-corrected chi connectivity index (χ2v) is 4.33. The molecule has 3 atom stereocenters. The van der Waals surface area contributed by atoms with Gasteiger partial charge in [0.2, 0.25) is 0 Å². The third-order valence-corrected chi connectivity index (χ3v) is 3.04. The fraction of sp³-hybridized carbons (Fsp3) is 1.00. The van der Waals surface area contributed by atoms with E-state index in [-0.39, 0.29) is 6.42 Å². The van der Waals surface area contributed by atoms with E-state index in [2.05, 4.69) is 5.32 Å². The van der Waals surface area contributed by atoms with E-state index in [1.54, 1.807) is 0 Å². The molecule has 1 saturated carbocycles. The number of hydrogen-bond donors (Lipinski definition) is 1. The van der Waals surface area contributed by atoms with Gasteiger partial charge in [0, 0.05) is 6.04 Å². The fourth-order valence-corrected chi connectivity index (χ4v) is 2.13. The van der Waals surface area contributed by atoms with Crippen molar-refractivity contribution in [3.05, 3.63) is 0 Å². The molecule has 0 saturated heterocycles. The highest BCUT2D eigenvalue weighted by Gasteiger charge is 2.45. The lowest BCUT2D eigenvalue weighted by Gasteiger charge is -2.35. The van der Waals surface area contributed by atoms with E-state index in [4.69, 9.17) is 0 Å². The van der Waals surface area contributed by atoms with Crippen LogP contribution in [-0.4, -0.2) is 24.7 Å². The number of halogens is 5. The van der Waals surface area contributed by atoms with Crippen LogP contribution in [0.1, 0.15) is 32.6 Å². The van der Waals surface area contributed by atoms with E-state index >= 15 is 0 Å². The first kappa shape index (κ1) is 13.7. The Balaban J connectivity index is 2.60. The quantitative estimate of drug-likeness (QED) is 0.752. The Hall–Kier alpha value is -0.390. The summed E-state index contributed by atoms with van der Waals surface area (Å²) < 4.78 is 62.4. The third kappa shape index (κ3) is 3.57. The Morgan fingerprint density at radius 3 is 2.19 bits per heavy atom. The van der Waals surface area contributed by atoms with Gasteiger partial charge in [-0.15, -0.1) is 0 Å². The Bertz CT molecular complexity index is 216. The zero-order valence-corrected chi connectivity index (χ0v) is 9.03. The summed E-state index contributed by atoms with van der Waals surface area (Å²) in [5.41, 5.74) is 0. The van der Waals surface area contributed by atoms with Crippen molar-refractivity contribution in [3.63, 3.8) is 0 Å². The van der Waals surface area contributed by atoms with Crippen molar-refractivity contribution >= 4 is 0 Å². The van der Waals surface area contributed by atoms with Gasteiger partial charge in [0.1, 0.15) is 0 Å². The van der Waals surface area contributed by atoms with Crippen molar-refractivity contribution in [3.8, 4) is 0 Å².